The Balaban J connectivity index is 1.42. The lowest BCUT2D eigenvalue weighted by Gasteiger charge is -2.24. The third-order valence-electron chi connectivity index (χ3n) is 4.34. The number of aryl methyl sites for hydroxylation is 2. The number of hydrogen-bond acceptors (Lipinski definition) is 5. The number of amides is 2. The molecule has 1 atom stereocenters. The zero-order chi connectivity index (χ0) is 19.2. The molecule has 5 nitrogen and oxygen atoms in total. The summed E-state index contributed by atoms with van der Waals surface area (Å²) in [6.45, 7) is 0. The summed E-state index contributed by atoms with van der Waals surface area (Å²) >= 11 is 2.54. The van der Waals surface area contributed by atoms with E-state index in [1.807, 2.05) is 0 Å². The molecular formula is C17H14F3N3O2S2. The van der Waals surface area contributed by atoms with Crippen molar-refractivity contribution < 1.29 is 22.8 Å². The van der Waals surface area contributed by atoms with Crippen molar-refractivity contribution in [1.29, 1.82) is 0 Å². The van der Waals surface area contributed by atoms with Crippen LogP contribution in [0.2, 0.25) is 0 Å². The summed E-state index contributed by atoms with van der Waals surface area (Å²) in [5.41, 5.74) is 0.317. The molecule has 1 aliphatic heterocycles. The first-order chi connectivity index (χ1) is 12.8. The van der Waals surface area contributed by atoms with Crippen LogP contribution in [0.5, 0.6) is 0 Å². The van der Waals surface area contributed by atoms with Gasteiger partial charge in [-0.3, -0.25) is 9.59 Å². The van der Waals surface area contributed by atoms with E-state index in [4.69, 9.17) is 0 Å². The maximum Gasteiger partial charge on any atom is 0.416 e. The quantitative estimate of drug-likeness (QED) is 0.795. The Kier molecular flexibility index (Phi) is 4.63. The summed E-state index contributed by atoms with van der Waals surface area (Å²) in [5.74, 6) is -0.825. The van der Waals surface area contributed by atoms with Gasteiger partial charge in [0, 0.05) is 16.2 Å². The van der Waals surface area contributed by atoms with Crippen molar-refractivity contribution >= 4 is 45.7 Å². The Hall–Kier alpha value is -2.07. The molecule has 1 aromatic carbocycles. The van der Waals surface area contributed by atoms with Crippen LogP contribution in [0, 0.1) is 0 Å². The molecule has 2 amide bonds. The van der Waals surface area contributed by atoms with E-state index >= 15 is 0 Å². The predicted octanol–water partition coefficient (Wildman–Crippen LogP) is 4.09. The summed E-state index contributed by atoms with van der Waals surface area (Å²) in [4.78, 5) is 30.6. The third-order valence-corrected chi connectivity index (χ3v) is 6.69. The molecule has 0 unspecified atom stereocenters. The molecule has 2 aliphatic rings. The summed E-state index contributed by atoms with van der Waals surface area (Å²) in [7, 11) is 0. The molecule has 2 aromatic rings. The Morgan fingerprint density at radius 3 is 2.89 bits per heavy atom. The lowest BCUT2D eigenvalue weighted by Crippen LogP contribution is -2.32. The third kappa shape index (κ3) is 3.81. The molecule has 0 radical (unpaired) electrons. The van der Waals surface area contributed by atoms with E-state index in [1.165, 1.54) is 22.3 Å². The number of nitrogens with zero attached hydrogens (tertiary/aromatic N) is 1. The largest absolute Gasteiger partial charge is 0.416 e. The zero-order valence-corrected chi connectivity index (χ0v) is 15.5. The molecule has 0 saturated carbocycles. The van der Waals surface area contributed by atoms with Gasteiger partial charge in [0.1, 0.15) is 0 Å². The van der Waals surface area contributed by atoms with E-state index in [2.05, 4.69) is 15.6 Å². The van der Waals surface area contributed by atoms with Crippen molar-refractivity contribution in [2.45, 2.75) is 42.0 Å². The number of carbonyl (C=O) groups is 2. The molecule has 4 rings (SSSR count). The van der Waals surface area contributed by atoms with Crippen molar-refractivity contribution in [2.75, 3.05) is 10.6 Å². The molecule has 27 heavy (non-hydrogen) atoms. The van der Waals surface area contributed by atoms with Crippen LogP contribution in [0.4, 0.5) is 24.0 Å². The fourth-order valence-electron chi connectivity index (χ4n) is 3.04. The molecule has 1 aromatic heterocycles. The van der Waals surface area contributed by atoms with Crippen LogP contribution < -0.4 is 10.6 Å². The Morgan fingerprint density at radius 1 is 1.33 bits per heavy atom. The van der Waals surface area contributed by atoms with Crippen LogP contribution in [0.1, 0.15) is 29.0 Å². The molecule has 2 N–H and O–H groups in total. The lowest BCUT2D eigenvalue weighted by atomic mass is 10.1. The maximum atomic E-state index is 12.8. The fourth-order valence-corrected chi connectivity index (χ4v) is 5.20. The van der Waals surface area contributed by atoms with Crippen LogP contribution in [0.3, 0.4) is 0 Å². The van der Waals surface area contributed by atoms with Gasteiger partial charge in [-0.05, 0) is 37.5 Å². The van der Waals surface area contributed by atoms with Gasteiger partial charge in [0.15, 0.2) is 5.13 Å². The molecule has 142 valence electrons. The fraction of sp³-hybridized carbons (Fsp3) is 0.353. The maximum absolute atomic E-state index is 12.8. The molecular weight excluding hydrogens is 399 g/mol. The van der Waals surface area contributed by atoms with Gasteiger partial charge in [0.05, 0.1) is 22.2 Å². The minimum absolute atomic E-state index is 0.0821. The van der Waals surface area contributed by atoms with Gasteiger partial charge in [-0.2, -0.15) is 13.2 Å². The number of alkyl halides is 3. The number of thioether (sulfide) groups is 1. The highest BCUT2D eigenvalue weighted by atomic mass is 32.2. The average Bonchev–Trinajstić information content (AvgIpc) is 3.15. The number of aromatic nitrogens is 1. The van der Waals surface area contributed by atoms with E-state index < -0.39 is 22.9 Å². The van der Waals surface area contributed by atoms with Crippen LogP contribution in [-0.4, -0.2) is 22.0 Å². The van der Waals surface area contributed by atoms with Crippen LogP contribution in [0.25, 0.3) is 0 Å². The first kappa shape index (κ1) is 18.3. The molecule has 2 heterocycles. The molecule has 1 aliphatic carbocycles. The van der Waals surface area contributed by atoms with E-state index in [-0.39, 0.29) is 18.0 Å². The second-order valence-corrected chi connectivity index (χ2v) is 8.63. The van der Waals surface area contributed by atoms with Gasteiger partial charge in [-0.15, -0.1) is 23.1 Å². The topological polar surface area (TPSA) is 71.1 Å². The standard InChI is InChI=1S/C17H14F3N3O2S2/c18-17(19,20)8-4-5-12-10(6-8)21-15(25)13(26-12)7-14(24)23-16-22-9-2-1-3-11(9)27-16/h4-6,13H,1-3,7H2,(H,21,25)(H,22,23,24)/t13-/m0/s1. The number of nitrogens with one attached hydrogen (secondary N) is 2. The normalized spacial score (nSPS) is 18.6. The van der Waals surface area contributed by atoms with Crippen LogP contribution in [0.15, 0.2) is 23.1 Å². The number of hydrogen-bond donors (Lipinski definition) is 2. The number of benzene rings is 1. The Labute approximate surface area is 160 Å². The number of anilines is 2. The lowest BCUT2D eigenvalue weighted by molar-refractivity contribution is -0.137. The van der Waals surface area contributed by atoms with Gasteiger partial charge in [-0.25, -0.2) is 4.98 Å². The predicted molar refractivity (Wildman–Crippen MR) is 97.1 cm³/mol. The van der Waals surface area contributed by atoms with Gasteiger partial charge >= 0.3 is 6.18 Å². The summed E-state index contributed by atoms with van der Waals surface area (Å²) < 4.78 is 38.4. The highest BCUT2D eigenvalue weighted by Gasteiger charge is 2.34. The van der Waals surface area contributed by atoms with E-state index in [9.17, 15) is 22.8 Å². The Bertz CT molecular complexity index is 905. The first-order valence-corrected chi connectivity index (χ1v) is 9.96. The summed E-state index contributed by atoms with van der Waals surface area (Å²) in [6.07, 6.45) is -1.59. The molecule has 0 saturated heterocycles. The monoisotopic (exact) mass is 413 g/mol. The SMILES string of the molecule is O=C(C[C@@H]1Sc2ccc(C(F)(F)F)cc2NC1=O)Nc1nc2c(s1)CCC2. The first-order valence-electron chi connectivity index (χ1n) is 8.27. The second kappa shape index (κ2) is 6.83. The minimum atomic E-state index is -4.48. The molecule has 0 bridgehead atoms. The zero-order valence-electron chi connectivity index (χ0n) is 13.9. The minimum Gasteiger partial charge on any atom is -0.324 e. The highest BCUT2D eigenvalue weighted by molar-refractivity contribution is 8.01. The van der Waals surface area contributed by atoms with Crippen LogP contribution >= 0.6 is 23.1 Å². The van der Waals surface area contributed by atoms with Crippen molar-refractivity contribution in [1.82, 2.24) is 4.98 Å². The number of rotatable bonds is 3. The highest BCUT2D eigenvalue weighted by Crippen LogP contribution is 2.40. The smallest absolute Gasteiger partial charge is 0.324 e. The van der Waals surface area contributed by atoms with Crippen molar-refractivity contribution in [3.63, 3.8) is 0 Å². The summed E-state index contributed by atoms with van der Waals surface area (Å²) in [6, 6.07) is 3.20. The summed E-state index contributed by atoms with van der Waals surface area (Å²) in [5, 5.41) is 5.01. The van der Waals surface area contributed by atoms with E-state index in [1.54, 1.807) is 0 Å². The second-order valence-electron chi connectivity index (χ2n) is 6.30. The molecule has 10 heteroatoms. The van der Waals surface area contributed by atoms with Gasteiger partial charge < -0.3 is 10.6 Å². The Morgan fingerprint density at radius 2 is 2.15 bits per heavy atom. The van der Waals surface area contributed by atoms with Crippen LogP contribution in [-0.2, 0) is 28.6 Å². The van der Waals surface area contributed by atoms with Gasteiger partial charge in [-0.1, -0.05) is 0 Å². The average molecular weight is 413 g/mol. The van der Waals surface area contributed by atoms with Crippen molar-refractivity contribution in [3.8, 4) is 0 Å². The van der Waals surface area contributed by atoms with E-state index in [0.717, 1.165) is 48.9 Å². The number of carbonyl (C=O) groups excluding carboxylic acids is 2. The number of thiazole rings is 1. The number of halogens is 3. The van der Waals surface area contributed by atoms with Gasteiger partial charge in [0.2, 0.25) is 11.8 Å². The van der Waals surface area contributed by atoms with Crippen molar-refractivity contribution in [2.24, 2.45) is 0 Å². The molecule has 0 spiro atoms. The van der Waals surface area contributed by atoms with E-state index in [0.29, 0.717) is 10.0 Å². The molecule has 0 fully saturated rings. The van der Waals surface area contributed by atoms with Gasteiger partial charge in [0.25, 0.3) is 0 Å². The van der Waals surface area contributed by atoms with Crippen molar-refractivity contribution in [3.05, 3.63) is 34.3 Å². The number of fused-ring (bicyclic) bond motifs is 2.